The normalized spacial score (nSPS) is 12.9. The number of aromatic nitrogens is 2. The molecule has 5 nitrogen and oxygen atoms in total. The fourth-order valence-electron chi connectivity index (χ4n) is 2.10. The first kappa shape index (κ1) is 11.9. The summed E-state index contributed by atoms with van der Waals surface area (Å²) in [5, 5.41) is 13.4. The summed E-state index contributed by atoms with van der Waals surface area (Å²) in [5.41, 5.74) is 2.22. The number of aliphatic hydroxyl groups excluding tert-OH is 1. The quantitative estimate of drug-likeness (QED) is 0.751. The summed E-state index contributed by atoms with van der Waals surface area (Å²) in [4.78, 5) is 8.49. The largest absolute Gasteiger partial charge is 0.450 e. The zero-order chi connectivity index (χ0) is 13.2. The number of anilines is 1. The van der Waals surface area contributed by atoms with E-state index in [2.05, 4.69) is 15.3 Å². The van der Waals surface area contributed by atoms with Crippen molar-refractivity contribution in [1.82, 2.24) is 9.97 Å². The van der Waals surface area contributed by atoms with Gasteiger partial charge in [-0.05, 0) is 18.6 Å². The summed E-state index contributed by atoms with van der Waals surface area (Å²) in [6, 6.07) is 7.72. The number of aliphatic hydroxyl groups is 1. The van der Waals surface area contributed by atoms with Gasteiger partial charge in [-0.15, -0.1) is 0 Å². The maximum atomic E-state index is 9.26. The van der Waals surface area contributed by atoms with Gasteiger partial charge in [0.25, 0.3) is 0 Å². The second kappa shape index (κ2) is 4.85. The van der Waals surface area contributed by atoms with Gasteiger partial charge < -0.3 is 14.8 Å². The molecule has 98 valence electrons. The molecule has 2 heterocycles. The lowest BCUT2D eigenvalue weighted by atomic mass is 10.2. The Morgan fingerprint density at radius 3 is 2.95 bits per heavy atom. The average molecular weight is 257 g/mol. The predicted molar refractivity (Wildman–Crippen MR) is 74.1 cm³/mol. The maximum absolute atomic E-state index is 9.26. The Morgan fingerprint density at radius 2 is 2.16 bits per heavy atom. The number of furan rings is 1. The van der Waals surface area contributed by atoms with Gasteiger partial charge in [0.1, 0.15) is 17.4 Å². The van der Waals surface area contributed by atoms with E-state index in [0.717, 1.165) is 22.9 Å². The Labute approximate surface area is 110 Å². The van der Waals surface area contributed by atoms with Crippen LogP contribution in [-0.4, -0.2) is 27.7 Å². The molecule has 0 radical (unpaired) electrons. The van der Waals surface area contributed by atoms with Crippen molar-refractivity contribution in [1.29, 1.82) is 0 Å². The SMILES string of the molecule is CC[C@H](CO)Nc1ncnc2c1oc1ccccc12. The number of hydrogen-bond acceptors (Lipinski definition) is 5. The fourth-order valence-corrected chi connectivity index (χ4v) is 2.10. The van der Waals surface area contributed by atoms with E-state index in [1.54, 1.807) is 0 Å². The van der Waals surface area contributed by atoms with Crippen LogP contribution in [0.25, 0.3) is 22.1 Å². The minimum atomic E-state index is -0.0358. The summed E-state index contributed by atoms with van der Waals surface area (Å²) < 4.78 is 5.80. The third-order valence-corrected chi connectivity index (χ3v) is 3.21. The van der Waals surface area contributed by atoms with Crippen molar-refractivity contribution in [2.45, 2.75) is 19.4 Å². The molecule has 0 aliphatic rings. The number of para-hydroxylation sites is 1. The van der Waals surface area contributed by atoms with Gasteiger partial charge in [0, 0.05) is 5.39 Å². The third-order valence-electron chi connectivity index (χ3n) is 3.21. The highest BCUT2D eigenvalue weighted by Crippen LogP contribution is 2.30. The number of hydrogen-bond donors (Lipinski definition) is 2. The molecule has 0 saturated carbocycles. The lowest BCUT2D eigenvalue weighted by Crippen LogP contribution is -2.23. The number of fused-ring (bicyclic) bond motifs is 3. The minimum Gasteiger partial charge on any atom is -0.450 e. The molecule has 0 aliphatic carbocycles. The van der Waals surface area contributed by atoms with Crippen molar-refractivity contribution < 1.29 is 9.52 Å². The van der Waals surface area contributed by atoms with Crippen LogP contribution in [0.1, 0.15) is 13.3 Å². The fraction of sp³-hybridized carbons (Fsp3) is 0.286. The van der Waals surface area contributed by atoms with Gasteiger partial charge in [0.2, 0.25) is 0 Å². The molecule has 2 N–H and O–H groups in total. The van der Waals surface area contributed by atoms with Crippen molar-refractivity contribution in [3.05, 3.63) is 30.6 Å². The molecule has 3 rings (SSSR count). The summed E-state index contributed by atoms with van der Waals surface area (Å²) in [6.45, 7) is 2.06. The third kappa shape index (κ3) is 2.02. The summed E-state index contributed by atoms with van der Waals surface area (Å²) >= 11 is 0. The molecule has 3 aromatic rings. The molecule has 0 bridgehead atoms. The van der Waals surface area contributed by atoms with Gasteiger partial charge in [-0.3, -0.25) is 0 Å². The summed E-state index contributed by atoms with van der Waals surface area (Å²) in [7, 11) is 0. The standard InChI is InChI=1S/C14H15N3O2/c1-2-9(7-18)17-14-13-12(15-8-16-14)10-5-3-4-6-11(10)19-13/h3-6,8-9,18H,2,7H2,1H3,(H,15,16,17)/t9-/m1/s1. The molecule has 0 aliphatic heterocycles. The number of rotatable bonds is 4. The van der Waals surface area contributed by atoms with Crippen LogP contribution in [-0.2, 0) is 0 Å². The lowest BCUT2D eigenvalue weighted by molar-refractivity contribution is 0.271. The molecule has 0 saturated heterocycles. The second-order valence-corrected chi connectivity index (χ2v) is 4.43. The highest BCUT2D eigenvalue weighted by molar-refractivity contribution is 6.05. The Bertz CT molecular complexity index is 704. The van der Waals surface area contributed by atoms with E-state index in [1.807, 2.05) is 31.2 Å². The van der Waals surface area contributed by atoms with Crippen LogP contribution in [0, 0.1) is 0 Å². The first-order valence-corrected chi connectivity index (χ1v) is 6.33. The van der Waals surface area contributed by atoms with Crippen LogP contribution < -0.4 is 5.32 Å². The Balaban J connectivity index is 2.15. The van der Waals surface area contributed by atoms with E-state index in [4.69, 9.17) is 4.42 Å². The van der Waals surface area contributed by atoms with E-state index in [9.17, 15) is 5.11 Å². The second-order valence-electron chi connectivity index (χ2n) is 4.43. The highest BCUT2D eigenvalue weighted by Gasteiger charge is 2.14. The molecule has 0 spiro atoms. The molecule has 1 aromatic carbocycles. The van der Waals surface area contributed by atoms with Gasteiger partial charge in [-0.2, -0.15) is 0 Å². The van der Waals surface area contributed by atoms with E-state index in [1.165, 1.54) is 6.33 Å². The highest BCUT2D eigenvalue weighted by atomic mass is 16.3. The van der Waals surface area contributed by atoms with E-state index in [0.29, 0.717) is 11.4 Å². The smallest absolute Gasteiger partial charge is 0.196 e. The topological polar surface area (TPSA) is 71.2 Å². The van der Waals surface area contributed by atoms with Crippen molar-refractivity contribution in [2.24, 2.45) is 0 Å². The molecular formula is C14H15N3O2. The monoisotopic (exact) mass is 257 g/mol. The maximum Gasteiger partial charge on any atom is 0.196 e. The molecule has 0 amide bonds. The van der Waals surface area contributed by atoms with E-state index in [-0.39, 0.29) is 12.6 Å². The predicted octanol–water partition coefficient (Wildman–Crippen LogP) is 2.56. The minimum absolute atomic E-state index is 0.0358. The van der Waals surface area contributed by atoms with Gasteiger partial charge in [0.15, 0.2) is 11.4 Å². The van der Waals surface area contributed by atoms with Crippen LogP contribution in [0.4, 0.5) is 5.82 Å². The Kier molecular flexibility index (Phi) is 3.05. The van der Waals surface area contributed by atoms with Crippen molar-refractivity contribution in [3.63, 3.8) is 0 Å². The zero-order valence-electron chi connectivity index (χ0n) is 10.6. The van der Waals surface area contributed by atoms with Gasteiger partial charge in [-0.1, -0.05) is 19.1 Å². The number of benzene rings is 1. The van der Waals surface area contributed by atoms with Crippen molar-refractivity contribution in [3.8, 4) is 0 Å². The molecule has 19 heavy (non-hydrogen) atoms. The van der Waals surface area contributed by atoms with Gasteiger partial charge in [0.05, 0.1) is 12.6 Å². The van der Waals surface area contributed by atoms with Crippen LogP contribution in [0.2, 0.25) is 0 Å². The number of nitrogens with one attached hydrogen (secondary N) is 1. The van der Waals surface area contributed by atoms with Crippen LogP contribution in [0.15, 0.2) is 35.0 Å². The average Bonchev–Trinajstić information content (AvgIpc) is 2.84. The Hall–Kier alpha value is -2.14. The van der Waals surface area contributed by atoms with Gasteiger partial charge in [-0.25, -0.2) is 9.97 Å². The lowest BCUT2D eigenvalue weighted by Gasteiger charge is -2.14. The first-order chi connectivity index (χ1) is 9.33. The summed E-state index contributed by atoms with van der Waals surface area (Å²) in [6.07, 6.45) is 2.32. The van der Waals surface area contributed by atoms with E-state index < -0.39 is 0 Å². The first-order valence-electron chi connectivity index (χ1n) is 6.33. The molecular weight excluding hydrogens is 242 g/mol. The summed E-state index contributed by atoms with van der Waals surface area (Å²) in [5.74, 6) is 0.627. The van der Waals surface area contributed by atoms with Crippen LogP contribution >= 0.6 is 0 Å². The molecule has 2 aromatic heterocycles. The number of nitrogens with zero attached hydrogens (tertiary/aromatic N) is 2. The van der Waals surface area contributed by atoms with Gasteiger partial charge >= 0.3 is 0 Å². The molecule has 0 fully saturated rings. The van der Waals surface area contributed by atoms with Crippen molar-refractivity contribution >= 4 is 27.9 Å². The molecule has 1 atom stereocenters. The Morgan fingerprint density at radius 1 is 1.32 bits per heavy atom. The van der Waals surface area contributed by atoms with Crippen LogP contribution in [0.5, 0.6) is 0 Å². The van der Waals surface area contributed by atoms with Crippen molar-refractivity contribution in [2.75, 3.05) is 11.9 Å². The van der Waals surface area contributed by atoms with E-state index >= 15 is 0 Å². The molecule has 0 unspecified atom stereocenters. The zero-order valence-corrected chi connectivity index (χ0v) is 10.6. The van der Waals surface area contributed by atoms with Crippen LogP contribution in [0.3, 0.4) is 0 Å². The molecule has 5 heteroatoms.